The van der Waals surface area contributed by atoms with Gasteiger partial charge < -0.3 is 10.1 Å². The fourth-order valence-electron chi connectivity index (χ4n) is 2.96. The molecule has 1 fully saturated rings. The largest absolute Gasteiger partial charge is 0.379 e. The van der Waals surface area contributed by atoms with Crippen molar-refractivity contribution in [2.24, 2.45) is 0 Å². The van der Waals surface area contributed by atoms with E-state index in [0.29, 0.717) is 6.54 Å². The van der Waals surface area contributed by atoms with E-state index in [-0.39, 0.29) is 11.4 Å². The van der Waals surface area contributed by atoms with Gasteiger partial charge in [0.15, 0.2) is 0 Å². The molecule has 0 saturated carbocycles. The highest BCUT2D eigenvalue weighted by Crippen LogP contribution is 2.15. The van der Waals surface area contributed by atoms with Crippen LogP contribution in [0.1, 0.15) is 19.4 Å². The Bertz CT molecular complexity index is 746. The molecule has 1 aliphatic heterocycles. The number of carbonyl (C=O) groups excluding carboxylic acids is 1. The summed E-state index contributed by atoms with van der Waals surface area (Å²) < 4.78 is 7.18. The lowest BCUT2D eigenvalue weighted by Crippen LogP contribution is -2.55. The molecule has 0 spiro atoms. The fourth-order valence-corrected chi connectivity index (χ4v) is 2.96. The number of para-hydroxylation sites is 1. The number of nitrogens with zero attached hydrogens (tertiary/aromatic N) is 3. The van der Waals surface area contributed by atoms with E-state index >= 15 is 0 Å². The van der Waals surface area contributed by atoms with Crippen molar-refractivity contribution >= 4 is 12.0 Å². The van der Waals surface area contributed by atoms with Crippen LogP contribution in [-0.2, 0) is 9.53 Å². The van der Waals surface area contributed by atoms with E-state index in [1.54, 1.807) is 23.0 Å². The molecule has 1 aromatic carbocycles. The number of carbonyl (C=O) groups is 1. The van der Waals surface area contributed by atoms with Crippen molar-refractivity contribution in [3.63, 3.8) is 0 Å². The van der Waals surface area contributed by atoms with E-state index in [4.69, 9.17) is 4.74 Å². The minimum Gasteiger partial charge on any atom is -0.379 e. The number of hydrogen-bond acceptors (Lipinski definition) is 4. The molecule has 0 bridgehead atoms. The van der Waals surface area contributed by atoms with E-state index < -0.39 is 0 Å². The number of amides is 1. The molecule has 1 aromatic heterocycles. The first kappa shape index (κ1) is 18.4. The van der Waals surface area contributed by atoms with Gasteiger partial charge in [0, 0.05) is 43.0 Å². The van der Waals surface area contributed by atoms with E-state index in [1.165, 1.54) is 0 Å². The van der Waals surface area contributed by atoms with Crippen LogP contribution in [0.3, 0.4) is 0 Å². The molecular formula is C20H26N4O2. The monoisotopic (exact) mass is 354 g/mol. The Balaban J connectivity index is 1.52. The van der Waals surface area contributed by atoms with Gasteiger partial charge in [-0.15, -0.1) is 0 Å². The van der Waals surface area contributed by atoms with Crippen LogP contribution in [0.4, 0.5) is 0 Å². The summed E-state index contributed by atoms with van der Waals surface area (Å²) in [6.07, 6.45) is 6.98. The quantitative estimate of drug-likeness (QED) is 0.807. The maximum atomic E-state index is 12.2. The Morgan fingerprint density at radius 3 is 2.73 bits per heavy atom. The van der Waals surface area contributed by atoms with Crippen LogP contribution in [-0.4, -0.2) is 59.0 Å². The van der Waals surface area contributed by atoms with Gasteiger partial charge in [0.05, 0.1) is 25.1 Å². The second-order valence-corrected chi connectivity index (χ2v) is 7.02. The predicted molar refractivity (Wildman–Crippen MR) is 102 cm³/mol. The molecular weight excluding hydrogens is 328 g/mol. The van der Waals surface area contributed by atoms with Crippen molar-refractivity contribution < 1.29 is 9.53 Å². The second kappa shape index (κ2) is 8.29. The number of hydrogen-bond donors (Lipinski definition) is 1. The summed E-state index contributed by atoms with van der Waals surface area (Å²) in [5, 5.41) is 7.32. The van der Waals surface area contributed by atoms with Gasteiger partial charge in [-0.05, 0) is 32.1 Å². The van der Waals surface area contributed by atoms with Crippen LogP contribution in [0.15, 0.2) is 48.8 Å². The minimum atomic E-state index is -0.0983. The second-order valence-electron chi connectivity index (χ2n) is 7.02. The molecule has 0 radical (unpaired) electrons. The number of ether oxygens (including phenoxy) is 1. The highest BCUT2D eigenvalue weighted by molar-refractivity contribution is 5.91. The van der Waals surface area contributed by atoms with Gasteiger partial charge in [0.1, 0.15) is 0 Å². The molecule has 1 aliphatic rings. The van der Waals surface area contributed by atoms with Gasteiger partial charge in [-0.25, -0.2) is 4.68 Å². The highest BCUT2D eigenvalue weighted by Gasteiger charge is 2.28. The Hall–Kier alpha value is -2.44. The van der Waals surface area contributed by atoms with Gasteiger partial charge in [0.2, 0.25) is 5.91 Å². The lowest BCUT2D eigenvalue weighted by Gasteiger charge is -2.40. The van der Waals surface area contributed by atoms with Gasteiger partial charge in [-0.1, -0.05) is 18.2 Å². The zero-order valence-corrected chi connectivity index (χ0v) is 15.4. The van der Waals surface area contributed by atoms with Crippen molar-refractivity contribution in [2.75, 3.05) is 32.8 Å². The SMILES string of the molecule is CC(C)(CNC(=O)/C=C/c1cnn(-c2ccccc2)c1)N1CCOCC1. The maximum Gasteiger partial charge on any atom is 0.244 e. The topological polar surface area (TPSA) is 59.4 Å². The lowest BCUT2D eigenvalue weighted by molar-refractivity contribution is -0.117. The lowest BCUT2D eigenvalue weighted by atomic mass is 10.0. The van der Waals surface area contributed by atoms with Crippen LogP contribution in [0, 0.1) is 0 Å². The first-order valence-electron chi connectivity index (χ1n) is 8.93. The van der Waals surface area contributed by atoms with Gasteiger partial charge in [-0.2, -0.15) is 5.10 Å². The van der Waals surface area contributed by atoms with Crippen LogP contribution in [0.5, 0.6) is 0 Å². The van der Waals surface area contributed by atoms with Gasteiger partial charge >= 0.3 is 0 Å². The summed E-state index contributed by atoms with van der Waals surface area (Å²) in [6.45, 7) is 8.19. The van der Waals surface area contributed by atoms with Crippen LogP contribution in [0.25, 0.3) is 11.8 Å². The van der Waals surface area contributed by atoms with Crippen LogP contribution in [0.2, 0.25) is 0 Å². The van der Waals surface area contributed by atoms with E-state index in [1.807, 2.05) is 36.5 Å². The standard InChI is InChI=1S/C20H26N4O2/c1-20(2,23-10-12-26-13-11-23)16-21-19(25)9-8-17-14-22-24(15-17)18-6-4-3-5-7-18/h3-9,14-15H,10-13,16H2,1-2H3,(H,21,25)/b9-8+. The fraction of sp³-hybridized carbons (Fsp3) is 0.400. The number of morpholine rings is 1. The Kier molecular flexibility index (Phi) is 5.85. The molecule has 6 nitrogen and oxygen atoms in total. The van der Waals surface area contributed by atoms with Crippen molar-refractivity contribution in [3.8, 4) is 5.69 Å². The third-order valence-corrected chi connectivity index (χ3v) is 4.61. The first-order chi connectivity index (χ1) is 12.5. The molecule has 0 atom stereocenters. The van der Waals surface area contributed by atoms with Gasteiger partial charge in [-0.3, -0.25) is 9.69 Å². The number of rotatable bonds is 6. The van der Waals surface area contributed by atoms with E-state index in [9.17, 15) is 4.79 Å². The summed E-state index contributed by atoms with van der Waals surface area (Å²) in [4.78, 5) is 14.5. The molecule has 1 N–H and O–H groups in total. The zero-order chi connectivity index (χ0) is 18.4. The molecule has 0 unspecified atom stereocenters. The van der Waals surface area contributed by atoms with Crippen molar-refractivity contribution in [1.82, 2.24) is 20.0 Å². The summed E-state index contributed by atoms with van der Waals surface area (Å²) in [5.74, 6) is -0.0983. The molecule has 2 heterocycles. The normalized spacial score (nSPS) is 16.1. The smallest absolute Gasteiger partial charge is 0.244 e. The first-order valence-corrected chi connectivity index (χ1v) is 8.93. The molecule has 1 amide bonds. The Labute approximate surface area is 154 Å². The van der Waals surface area contributed by atoms with Gasteiger partial charge in [0.25, 0.3) is 0 Å². The van der Waals surface area contributed by atoms with E-state index in [2.05, 4.69) is 29.2 Å². The average molecular weight is 354 g/mol. The summed E-state index contributed by atoms with van der Waals surface area (Å²) in [6, 6.07) is 9.88. The molecule has 138 valence electrons. The third-order valence-electron chi connectivity index (χ3n) is 4.61. The molecule has 3 rings (SSSR count). The number of aromatic nitrogens is 2. The van der Waals surface area contributed by atoms with Crippen molar-refractivity contribution in [2.45, 2.75) is 19.4 Å². The third kappa shape index (κ3) is 4.80. The predicted octanol–water partition coefficient (Wildman–Crippen LogP) is 2.11. The summed E-state index contributed by atoms with van der Waals surface area (Å²) in [5.41, 5.74) is 1.78. The minimum absolute atomic E-state index is 0.0918. The van der Waals surface area contributed by atoms with Crippen LogP contribution < -0.4 is 5.32 Å². The zero-order valence-electron chi connectivity index (χ0n) is 15.4. The Morgan fingerprint density at radius 1 is 1.27 bits per heavy atom. The molecule has 0 aliphatic carbocycles. The summed E-state index contributed by atoms with van der Waals surface area (Å²) >= 11 is 0. The number of benzene rings is 1. The Morgan fingerprint density at radius 2 is 2.00 bits per heavy atom. The highest BCUT2D eigenvalue weighted by atomic mass is 16.5. The summed E-state index contributed by atoms with van der Waals surface area (Å²) in [7, 11) is 0. The van der Waals surface area contributed by atoms with Crippen molar-refractivity contribution in [3.05, 3.63) is 54.4 Å². The molecule has 6 heteroatoms. The van der Waals surface area contributed by atoms with Crippen molar-refractivity contribution in [1.29, 1.82) is 0 Å². The molecule has 2 aromatic rings. The van der Waals surface area contributed by atoms with E-state index in [0.717, 1.165) is 37.6 Å². The molecule has 1 saturated heterocycles. The van der Waals surface area contributed by atoms with Crippen LogP contribution >= 0.6 is 0 Å². The number of nitrogens with one attached hydrogen (secondary N) is 1. The average Bonchev–Trinajstić information content (AvgIpc) is 3.15. The maximum absolute atomic E-state index is 12.2. The molecule has 26 heavy (non-hydrogen) atoms.